The van der Waals surface area contributed by atoms with Crippen LogP contribution in [0.1, 0.15) is 44.7 Å². The summed E-state index contributed by atoms with van der Waals surface area (Å²) in [5.41, 5.74) is 6.06. The summed E-state index contributed by atoms with van der Waals surface area (Å²) < 4.78 is 5.70. The number of benzene rings is 3. The Labute approximate surface area is 207 Å². The third kappa shape index (κ3) is 4.17. The number of hydrogen-bond acceptors (Lipinski definition) is 4. The minimum Gasteiger partial charge on any atom is -0.457 e. The van der Waals surface area contributed by atoms with E-state index in [2.05, 4.69) is 6.07 Å². The lowest BCUT2D eigenvalue weighted by Crippen LogP contribution is -2.11. The number of para-hydroxylation sites is 1. The van der Waals surface area contributed by atoms with Crippen molar-refractivity contribution in [3.8, 4) is 6.07 Å². The van der Waals surface area contributed by atoms with Crippen molar-refractivity contribution in [3.05, 3.63) is 110 Å². The molecular weight excluding hydrogens is 467 g/mol. The molecule has 4 nitrogen and oxygen atoms in total. The van der Waals surface area contributed by atoms with Gasteiger partial charge in [0.25, 0.3) is 0 Å². The van der Waals surface area contributed by atoms with Crippen LogP contribution in [0.4, 0.5) is 0 Å². The second-order valence-corrected chi connectivity index (χ2v) is 8.83. The van der Waals surface area contributed by atoms with Crippen LogP contribution in [-0.2, 0) is 17.8 Å². The third-order valence-electron chi connectivity index (χ3n) is 5.93. The highest BCUT2D eigenvalue weighted by molar-refractivity contribution is 6.42. The van der Waals surface area contributed by atoms with Crippen LogP contribution in [0.15, 0.2) is 66.7 Å². The summed E-state index contributed by atoms with van der Waals surface area (Å²) in [4.78, 5) is 18.2. The molecule has 1 aromatic heterocycles. The quantitative estimate of drug-likeness (QED) is 0.286. The molecule has 0 spiro atoms. The Balaban J connectivity index is 1.55. The number of aromatic nitrogens is 1. The van der Waals surface area contributed by atoms with Gasteiger partial charge in [0.05, 0.1) is 38.5 Å². The molecule has 3 aromatic carbocycles. The summed E-state index contributed by atoms with van der Waals surface area (Å²) in [6, 6.07) is 22.3. The summed E-state index contributed by atoms with van der Waals surface area (Å²) in [5.74, 6) is -0.418. The number of hydrogen-bond donors (Lipinski definition) is 0. The fourth-order valence-corrected chi connectivity index (χ4v) is 4.59. The maximum absolute atomic E-state index is 13.4. The fourth-order valence-electron chi connectivity index (χ4n) is 4.29. The topological polar surface area (TPSA) is 63.0 Å². The van der Waals surface area contributed by atoms with E-state index < -0.39 is 5.97 Å². The van der Waals surface area contributed by atoms with E-state index in [0.717, 1.165) is 39.7 Å². The van der Waals surface area contributed by atoms with E-state index in [1.165, 1.54) is 0 Å². The van der Waals surface area contributed by atoms with Gasteiger partial charge in [-0.05, 0) is 59.9 Å². The van der Waals surface area contributed by atoms with Gasteiger partial charge in [0, 0.05) is 10.9 Å². The van der Waals surface area contributed by atoms with Gasteiger partial charge >= 0.3 is 5.97 Å². The summed E-state index contributed by atoms with van der Waals surface area (Å²) in [5, 5.41) is 11.1. The molecule has 34 heavy (non-hydrogen) atoms. The molecule has 0 unspecified atom stereocenters. The van der Waals surface area contributed by atoms with E-state index in [1.54, 1.807) is 24.3 Å². The minimum atomic E-state index is -0.418. The molecule has 0 atom stereocenters. The number of carbonyl (C=O) groups is 1. The number of nitriles is 1. The van der Waals surface area contributed by atoms with Gasteiger partial charge in [-0.1, -0.05) is 65.7 Å². The van der Waals surface area contributed by atoms with E-state index in [1.807, 2.05) is 48.5 Å². The van der Waals surface area contributed by atoms with Crippen molar-refractivity contribution in [1.29, 1.82) is 5.26 Å². The number of ether oxygens (including phenoxy) is 1. The number of allylic oxidation sites excluding steroid dienone is 1. The normalized spacial score (nSPS) is 13.6. The van der Waals surface area contributed by atoms with E-state index in [0.29, 0.717) is 33.2 Å². The van der Waals surface area contributed by atoms with Crippen molar-refractivity contribution >= 4 is 51.7 Å². The Morgan fingerprint density at radius 1 is 1.03 bits per heavy atom. The first-order valence-corrected chi connectivity index (χ1v) is 11.5. The van der Waals surface area contributed by atoms with E-state index in [-0.39, 0.29) is 6.61 Å². The van der Waals surface area contributed by atoms with Crippen molar-refractivity contribution in [1.82, 2.24) is 4.98 Å². The number of fused-ring (bicyclic) bond motifs is 2. The maximum atomic E-state index is 13.4. The van der Waals surface area contributed by atoms with Gasteiger partial charge < -0.3 is 4.74 Å². The zero-order valence-corrected chi connectivity index (χ0v) is 19.5. The first-order chi connectivity index (χ1) is 16.5. The highest BCUT2D eigenvalue weighted by atomic mass is 35.5. The number of carbonyl (C=O) groups excluding carboxylic acids is 1. The van der Waals surface area contributed by atoms with Crippen LogP contribution in [0.3, 0.4) is 0 Å². The minimum absolute atomic E-state index is 0.0277. The molecule has 0 bridgehead atoms. The van der Waals surface area contributed by atoms with Crippen molar-refractivity contribution < 1.29 is 9.53 Å². The van der Waals surface area contributed by atoms with Crippen molar-refractivity contribution in [3.63, 3.8) is 0 Å². The molecular formula is C28H18Cl2N2O2. The summed E-state index contributed by atoms with van der Waals surface area (Å²) in [6.07, 6.45) is 3.46. The first kappa shape index (κ1) is 22.2. The molecule has 166 valence electrons. The number of esters is 1. The monoisotopic (exact) mass is 484 g/mol. The lowest BCUT2D eigenvalue weighted by Gasteiger charge is -2.13. The second-order valence-electron chi connectivity index (χ2n) is 8.02. The van der Waals surface area contributed by atoms with Crippen molar-refractivity contribution in [2.24, 2.45) is 0 Å². The van der Waals surface area contributed by atoms with Crippen LogP contribution in [-0.4, -0.2) is 11.0 Å². The molecule has 5 rings (SSSR count). The zero-order chi connectivity index (χ0) is 23.7. The predicted octanol–water partition coefficient (Wildman–Crippen LogP) is 7.26. The summed E-state index contributed by atoms with van der Waals surface area (Å²) in [6.45, 7) is 0.0277. The van der Waals surface area contributed by atoms with Gasteiger partial charge in [0.15, 0.2) is 0 Å². The predicted molar refractivity (Wildman–Crippen MR) is 135 cm³/mol. The number of pyridine rings is 1. The lowest BCUT2D eigenvalue weighted by atomic mass is 10.0. The smallest absolute Gasteiger partial charge is 0.339 e. The van der Waals surface area contributed by atoms with Gasteiger partial charge in [0.1, 0.15) is 6.61 Å². The molecule has 1 aliphatic rings. The van der Waals surface area contributed by atoms with Crippen molar-refractivity contribution in [2.45, 2.75) is 19.4 Å². The van der Waals surface area contributed by atoms with E-state index in [4.69, 9.17) is 32.9 Å². The Bertz CT molecular complexity index is 1520. The maximum Gasteiger partial charge on any atom is 0.339 e. The van der Waals surface area contributed by atoms with Crippen LogP contribution in [0, 0.1) is 11.3 Å². The fraction of sp³-hybridized carbons (Fsp3) is 0.107. The van der Waals surface area contributed by atoms with Crippen LogP contribution < -0.4 is 0 Å². The highest BCUT2D eigenvalue weighted by Crippen LogP contribution is 2.38. The molecule has 0 amide bonds. The number of nitrogens with zero attached hydrogens (tertiary/aromatic N) is 2. The Kier molecular flexibility index (Phi) is 6.06. The molecule has 0 saturated carbocycles. The first-order valence-electron chi connectivity index (χ1n) is 10.8. The molecule has 6 heteroatoms. The van der Waals surface area contributed by atoms with E-state index in [9.17, 15) is 10.1 Å². The van der Waals surface area contributed by atoms with Gasteiger partial charge in [0.2, 0.25) is 0 Å². The largest absolute Gasteiger partial charge is 0.457 e. The Morgan fingerprint density at radius 3 is 2.65 bits per heavy atom. The SMILES string of the molecule is N#Cc1ccccc1COC(=O)c1c2c(nc3ccccc13)C(=Cc1ccc(Cl)c(Cl)c1)CC2. The third-order valence-corrected chi connectivity index (χ3v) is 6.67. The van der Waals surface area contributed by atoms with Crippen molar-refractivity contribution in [2.75, 3.05) is 0 Å². The molecule has 0 saturated heterocycles. The average Bonchev–Trinajstić information content (AvgIpc) is 3.25. The summed E-state index contributed by atoms with van der Waals surface area (Å²) in [7, 11) is 0. The molecule has 0 radical (unpaired) electrons. The Morgan fingerprint density at radius 2 is 1.82 bits per heavy atom. The average molecular weight is 485 g/mol. The summed E-state index contributed by atoms with van der Waals surface area (Å²) >= 11 is 12.3. The van der Waals surface area contributed by atoms with Gasteiger partial charge in [-0.3, -0.25) is 0 Å². The molecule has 1 heterocycles. The van der Waals surface area contributed by atoms with Crippen LogP contribution in [0.2, 0.25) is 10.0 Å². The molecule has 1 aliphatic carbocycles. The van der Waals surface area contributed by atoms with Gasteiger partial charge in [-0.15, -0.1) is 0 Å². The molecule has 0 N–H and O–H groups in total. The second kappa shape index (κ2) is 9.30. The van der Waals surface area contributed by atoms with Gasteiger partial charge in [-0.25, -0.2) is 9.78 Å². The number of halogens is 2. The van der Waals surface area contributed by atoms with Crippen LogP contribution in [0.5, 0.6) is 0 Å². The highest BCUT2D eigenvalue weighted by Gasteiger charge is 2.27. The molecule has 0 fully saturated rings. The number of rotatable bonds is 4. The van der Waals surface area contributed by atoms with E-state index >= 15 is 0 Å². The van der Waals surface area contributed by atoms with Crippen LogP contribution >= 0.6 is 23.2 Å². The Hall–Kier alpha value is -3.65. The molecule has 0 aliphatic heterocycles. The standard InChI is InChI=1S/C28H18Cl2N2O2/c29-23-12-9-17(14-24(23)30)13-18-10-11-22-26(21-7-3-4-8-25(21)32-27(18)22)28(33)34-16-20-6-2-1-5-19(20)15-31/h1-9,12-14H,10-11,16H2. The molecule has 4 aromatic rings. The van der Waals surface area contributed by atoms with Gasteiger partial charge in [-0.2, -0.15) is 5.26 Å². The zero-order valence-electron chi connectivity index (χ0n) is 18.0. The lowest BCUT2D eigenvalue weighted by molar-refractivity contribution is 0.0473. The van der Waals surface area contributed by atoms with Crippen LogP contribution in [0.25, 0.3) is 22.6 Å².